The molecule has 0 bridgehead atoms. The maximum Gasteiger partial charge on any atom is 0.255 e. The number of aryl methyl sites for hydroxylation is 1. The summed E-state index contributed by atoms with van der Waals surface area (Å²) < 4.78 is 0. The molecule has 17 heavy (non-hydrogen) atoms. The van der Waals surface area contributed by atoms with Gasteiger partial charge in [-0.2, -0.15) is 0 Å². The number of nitrogens with one attached hydrogen (secondary N) is 1. The third kappa shape index (κ3) is 2.82. The van der Waals surface area contributed by atoms with Crippen molar-refractivity contribution in [1.82, 2.24) is 10.3 Å². The molecule has 0 aliphatic heterocycles. The predicted octanol–water partition coefficient (Wildman–Crippen LogP) is 2.09. The predicted molar refractivity (Wildman–Crippen MR) is 66.1 cm³/mol. The van der Waals surface area contributed by atoms with Crippen LogP contribution in [0.25, 0.3) is 0 Å². The lowest BCUT2D eigenvalue weighted by Crippen LogP contribution is -2.22. The first-order valence-corrected chi connectivity index (χ1v) is 6.02. The first-order chi connectivity index (χ1) is 8.16. The largest absolute Gasteiger partial charge is 0.507 e. The molecule has 4 nitrogen and oxygen atoms in total. The van der Waals surface area contributed by atoms with Crippen LogP contribution in [0, 0.1) is 6.92 Å². The number of phenols is 1. The number of phenolic OH excluding ortho intramolecular Hbond substituents is 1. The molecule has 0 unspecified atom stereocenters. The Morgan fingerprint density at radius 3 is 2.88 bits per heavy atom. The molecule has 2 rings (SSSR count). The summed E-state index contributed by atoms with van der Waals surface area (Å²) in [5, 5.41) is 15.1. The lowest BCUT2D eigenvalue weighted by Gasteiger charge is -2.04. The van der Waals surface area contributed by atoms with E-state index in [0.717, 1.165) is 10.7 Å². The first-order valence-electron chi connectivity index (χ1n) is 5.14. The second kappa shape index (κ2) is 4.97. The molecule has 1 amide bonds. The number of rotatable bonds is 3. The van der Waals surface area contributed by atoms with Crippen LogP contribution in [0.5, 0.6) is 5.75 Å². The van der Waals surface area contributed by atoms with Crippen molar-refractivity contribution in [1.29, 1.82) is 0 Å². The van der Waals surface area contributed by atoms with Crippen molar-refractivity contribution in [3.8, 4) is 5.75 Å². The van der Waals surface area contributed by atoms with Crippen molar-refractivity contribution in [2.24, 2.45) is 0 Å². The Bertz CT molecular complexity index is 537. The number of aromatic hydroxyl groups is 1. The van der Waals surface area contributed by atoms with Crippen LogP contribution in [0.15, 0.2) is 29.6 Å². The zero-order chi connectivity index (χ0) is 12.3. The lowest BCUT2D eigenvalue weighted by molar-refractivity contribution is 0.0948. The molecule has 1 heterocycles. The molecule has 0 saturated heterocycles. The van der Waals surface area contributed by atoms with Crippen LogP contribution in [-0.4, -0.2) is 16.0 Å². The summed E-state index contributed by atoms with van der Waals surface area (Å²) in [6.45, 7) is 2.29. The summed E-state index contributed by atoms with van der Waals surface area (Å²) in [5.74, 6) is -0.312. The topological polar surface area (TPSA) is 62.2 Å². The van der Waals surface area contributed by atoms with E-state index in [2.05, 4.69) is 10.3 Å². The third-order valence-corrected chi connectivity index (χ3v) is 3.07. The van der Waals surface area contributed by atoms with Gasteiger partial charge in [-0.25, -0.2) is 4.98 Å². The molecule has 0 atom stereocenters. The molecule has 5 heteroatoms. The number of para-hydroxylation sites is 1. The Labute approximate surface area is 103 Å². The van der Waals surface area contributed by atoms with Gasteiger partial charge in [0.2, 0.25) is 0 Å². The normalized spacial score (nSPS) is 10.2. The molecular formula is C12H12N2O2S. The maximum absolute atomic E-state index is 11.8. The number of carbonyl (C=O) groups is 1. The number of benzene rings is 1. The van der Waals surface area contributed by atoms with Gasteiger partial charge in [-0.3, -0.25) is 4.79 Å². The summed E-state index contributed by atoms with van der Waals surface area (Å²) in [6, 6.07) is 6.45. The van der Waals surface area contributed by atoms with E-state index < -0.39 is 0 Å². The van der Waals surface area contributed by atoms with Crippen LogP contribution >= 0.6 is 11.3 Å². The molecule has 0 spiro atoms. The Balaban J connectivity index is 2.01. The minimum absolute atomic E-state index is 0.0144. The molecule has 1 aromatic carbocycles. The summed E-state index contributed by atoms with van der Waals surface area (Å²) in [5.41, 5.74) is 1.11. The molecule has 0 aliphatic carbocycles. The highest BCUT2D eigenvalue weighted by atomic mass is 32.1. The van der Waals surface area contributed by atoms with Crippen molar-refractivity contribution in [2.45, 2.75) is 13.5 Å². The van der Waals surface area contributed by atoms with E-state index in [-0.39, 0.29) is 17.2 Å². The van der Waals surface area contributed by atoms with Crippen LogP contribution in [-0.2, 0) is 6.54 Å². The number of hydrogen-bond donors (Lipinski definition) is 2. The molecule has 0 aliphatic rings. The van der Waals surface area contributed by atoms with Crippen molar-refractivity contribution < 1.29 is 9.90 Å². The van der Waals surface area contributed by atoms with Gasteiger partial charge in [0.25, 0.3) is 5.91 Å². The fourth-order valence-corrected chi connectivity index (χ4v) is 2.03. The quantitative estimate of drug-likeness (QED) is 0.874. The van der Waals surface area contributed by atoms with Crippen molar-refractivity contribution in [3.63, 3.8) is 0 Å². The van der Waals surface area contributed by atoms with Crippen LogP contribution in [0.3, 0.4) is 0 Å². The molecule has 88 valence electrons. The monoisotopic (exact) mass is 248 g/mol. The molecule has 0 radical (unpaired) electrons. The van der Waals surface area contributed by atoms with Crippen molar-refractivity contribution >= 4 is 17.2 Å². The van der Waals surface area contributed by atoms with Gasteiger partial charge in [-0.05, 0) is 19.1 Å². The van der Waals surface area contributed by atoms with Gasteiger partial charge in [0, 0.05) is 5.38 Å². The maximum atomic E-state index is 11.8. The average molecular weight is 248 g/mol. The van der Waals surface area contributed by atoms with Crippen molar-refractivity contribution in [2.75, 3.05) is 0 Å². The number of hydrogen-bond acceptors (Lipinski definition) is 4. The average Bonchev–Trinajstić information content (AvgIpc) is 2.73. The van der Waals surface area contributed by atoms with Crippen molar-refractivity contribution in [3.05, 3.63) is 45.9 Å². The van der Waals surface area contributed by atoms with E-state index in [1.807, 2.05) is 12.3 Å². The van der Waals surface area contributed by atoms with Crippen LogP contribution in [0.2, 0.25) is 0 Å². The first kappa shape index (κ1) is 11.6. The van der Waals surface area contributed by atoms with Gasteiger partial charge < -0.3 is 10.4 Å². The second-order valence-electron chi connectivity index (χ2n) is 3.56. The molecular weight excluding hydrogens is 236 g/mol. The van der Waals surface area contributed by atoms with Gasteiger partial charge in [0.05, 0.1) is 22.8 Å². The fourth-order valence-electron chi connectivity index (χ4n) is 1.42. The minimum Gasteiger partial charge on any atom is -0.507 e. The summed E-state index contributed by atoms with van der Waals surface area (Å²) in [7, 11) is 0. The Morgan fingerprint density at radius 2 is 2.24 bits per heavy atom. The highest BCUT2D eigenvalue weighted by Gasteiger charge is 2.10. The zero-order valence-corrected chi connectivity index (χ0v) is 10.1. The second-order valence-corrected chi connectivity index (χ2v) is 4.62. The van der Waals surface area contributed by atoms with E-state index >= 15 is 0 Å². The lowest BCUT2D eigenvalue weighted by atomic mass is 10.2. The van der Waals surface area contributed by atoms with Crippen LogP contribution < -0.4 is 5.32 Å². The Morgan fingerprint density at radius 1 is 1.47 bits per heavy atom. The summed E-state index contributed by atoms with van der Waals surface area (Å²) >= 11 is 1.54. The van der Waals surface area contributed by atoms with E-state index in [1.165, 1.54) is 6.07 Å². The van der Waals surface area contributed by atoms with E-state index in [1.54, 1.807) is 29.5 Å². The molecule has 0 fully saturated rings. The number of thiazole rings is 1. The van der Waals surface area contributed by atoms with Gasteiger partial charge in [-0.15, -0.1) is 11.3 Å². The number of nitrogens with zero attached hydrogens (tertiary/aromatic N) is 1. The van der Waals surface area contributed by atoms with Gasteiger partial charge in [-0.1, -0.05) is 12.1 Å². The minimum atomic E-state index is -0.297. The molecule has 1 aromatic heterocycles. The summed E-state index contributed by atoms with van der Waals surface area (Å²) in [6.07, 6.45) is 0. The standard InChI is InChI=1S/C12H12N2O2S/c1-8-14-9(7-17-8)6-13-12(16)10-4-2-3-5-11(10)15/h2-5,7,15H,6H2,1H3,(H,13,16). The van der Waals surface area contributed by atoms with E-state index in [4.69, 9.17) is 0 Å². The van der Waals surface area contributed by atoms with Gasteiger partial charge in [0.1, 0.15) is 5.75 Å². The smallest absolute Gasteiger partial charge is 0.255 e. The molecule has 2 aromatic rings. The Kier molecular flexibility index (Phi) is 3.39. The highest BCUT2D eigenvalue weighted by molar-refractivity contribution is 7.09. The summed E-state index contributed by atoms with van der Waals surface area (Å²) in [4.78, 5) is 16.0. The third-order valence-electron chi connectivity index (χ3n) is 2.25. The highest BCUT2D eigenvalue weighted by Crippen LogP contribution is 2.15. The van der Waals surface area contributed by atoms with Crippen LogP contribution in [0.1, 0.15) is 21.1 Å². The van der Waals surface area contributed by atoms with Gasteiger partial charge >= 0.3 is 0 Å². The van der Waals surface area contributed by atoms with E-state index in [0.29, 0.717) is 6.54 Å². The van der Waals surface area contributed by atoms with Gasteiger partial charge in [0.15, 0.2) is 0 Å². The number of aromatic nitrogens is 1. The SMILES string of the molecule is Cc1nc(CNC(=O)c2ccccc2O)cs1. The zero-order valence-electron chi connectivity index (χ0n) is 9.30. The molecule has 0 saturated carbocycles. The molecule has 2 N–H and O–H groups in total. The Hall–Kier alpha value is -1.88. The number of carbonyl (C=O) groups excluding carboxylic acids is 1. The van der Waals surface area contributed by atoms with Crippen LogP contribution in [0.4, 0.5) is 0 Å². The number of amides is 1. The van der Waals surface area contributed by atoms with E-state index in [9.17, 15) is 9.90 Å². The fraction of sp³-hybridized carbons (Fsp3) is 0.167.